The van der Waals surface area contributed by atoms with Gasteiger partial charge in [0.1, 0.15) is 5.56 Å². The number of para-hydroxylation sites is 1. The van der Waals surface area contributed by atoms with Crippen LogP contribution in [-0.2, 0) is 4.79 Å². The van der Waals surface area contributed by atoms with Crippen LogP contribution in [0.5, 0.6) is 0 Å². The highest BCUT2D eigenvalue weighted by atomic mass is 16.6. The minimum Gasteiger partial charge on any atom is -0.326 e. The van der Waals surface area contributed by atoms with Crippen molar-refractivity contribution < 1.29 is 14.5 Å². The van der Waals surface area contributed by atoms with Crippen molar-refractivity contribution in [3.05, 3.63) is 69.8 Å². The maximum Gasteiger partial charge on any atom is 0.282 e. The molecule has 138 valence electrons. The molecule has 0 bridgehead atoms. The number of carbonyl (C=O) groups excluding carboxylic acids is 2. The normalized spacial score (nSPS) is 13.7. The first-order valence-electron chi connectivity index (χ1n) is 8.45. The molecule has 0 unspecified atom stereocenters. The third-order valence-electron chi connectivity index (χ3n) is 4.17. The van der Waals surface area contributed by atoms with Gasteiger partial charge < -0.3 is 5.32 Å². The Morgan fingerprint density at radius 3 is 2.59 bits per heavy atom. The molecular formula is C19H18N4O4. The minimum absolute atomic E-state index is 0.00596. The minimum atomic E-state index is -0.667. The zero-order valence-corrected chi connectivity index (χ0v) is 14.6. The fourth-order valence-corrected chi connectivity index (χ4v) is 2.50. The zero-order chi connectivity index (χ0) is 19.4. The summed E-state index contributed by atoms with van der Waals surface area (Å²) in [5, 5.41) is 17.9. The van der Waals surface area contributed by atoms with E-state index in [4.69, 9.17) is 0 Å². The number of rotatable bonds is 6. The fourth-order valence-electron chi connectivity index (χ4n) is 2.50. The van der Waals surface area contributed by atoms with E-state index in [0.29, 0.717) is 17.0 Å². The smallest absolute Gasteiger partial charge is 0.282 e. The Hall–Kier alpha value is -3.55. The molecule has 0 radical (unpaired) electrons. The van der Waals surface area contributed by atoms with Crippen molar-refractivity contribution in [2.24, 2.45) is 11.0 Å². The molecule has 1 aliphatic rings. The van der Waals surface area contributed by atoms with E-state index in [0.717, 1.165) is 12.8 Å². The van der Waals surface area contributed by atoms with Crippen molar-refractivity contribution in [3.8, 4) is 0 Å². The van der Waals surface area contributed by atoms with Gasteiger partial charge in [0, 0.05) is 17.7 Å². The summed E-state index contributed by atoms with van der Waals surface area (Å²) in [5.74, 6) is -0.560. The van der Waals surface area contributed by atoms with Crippen LogP contribution in [0.25, 0.3) is 0 Å². The van der Waals surface area contributed by atoms with Gasteiger partial charge in [-0.2, -0.15) is 5.10 Å². The highest BCUT2D eigenvalue weighted by Gasteiger charge is 2.29. The average Bonchev–Trinajstić information content (AvgIpc) is 3.51. The Kier molecular flexibility index (Phi) is 5.25. The van der Waals surface area contributed by atoms with E-state index in [9.17, 15) is 19.7 Å². The second kappa shape index (κ2) is 7.77. The predicted octanol–water partition coefficient (Wildman–Crippen LogP) is 3.10. The number of carbonyl (C=O) groups is 2. The summed E-state index contributed by atoms with van der Waals surface area (Å²) >= 11 is 0. The van der Waals surface area contributed by atoms with E-state index >= 15 is 0 Å². The van der Waals surface area contributed by atoms with Gasteiger partial charge in [0.2, 0.25) is 5.91 Å². The summed E-state index contributed by atoms with van der Waals surface area (Å²) < 4.78 is 0. The van der Waals surface area contributed by atoms with Crippen LogP contribution in [0.4, 0.5) is 11.4 Å². The molecule has 0 spiro atoms. The summed E-state index contributed by atoms with van der Waals surface area (Å²) in [6, 6.07) is 12.8. The molecule has 0 heterocycles. The molecule has 1 saturated carbocycles. The molecule has 2 aromatic carbocycles. The molecule has 8 heteroatoms. The van der Waals surface area contributed by atoms with Gasteiger partial charge in [0.15, 0.2) is 0 Å². The van der Waals surface area contributed by atoms with Crippen molar-refractivity contribution in [1.82, 2.24) is 5.43 Å². The average molecular weight is 366 g/mol. The van der Waals surface area contributed by atoms with Gasteiger partial charge in [0.25, 0.3) is 11.6 Å². The number of nitrogens with one attached hydrogen (secondary N) is 2. The highest BCUT2D eigenvalue weighted by Crippen LogP contribution is 2.30. The molecule has 0 aliphatic heterocycles. The van der Waals surface area contributed by atoms with Gasteiger partial charge in [-0.05, 0) is 43.5 Å². The van der Waals surface area contributed by atoms with Crippen molar-refractivity contribution in [2.45, 2.75) is 19.8 Å². The van der Waals surface area contributed by atoms with Crippen LogP contribution in [0.2, 0.25) is 0 Å². The Morgan fingerprint density at radius 2 is 1.89 bits per heavy atom. The lowest BCUT2D eigenvalue weighted by atomic mass is 10.1. The SMILES string of the molecule is C/C(=N\NC(=O)c1ccccc1[N+](=O)[O-])c1cccc(NC(=O)C2CC2)c1. The first-order valence-corrected chi connectivity index (χ1v) is 8.45. The molecule has 3 rings (SSSR count). The van der Waals surface area contributed by atoms with Crippen molar-refractivity contribution in [3.63, 3.8) is 0 Å². The van der Waals surface area contributed by atoms with Crippen molar-refractivity contribution in [2.75, 3.05) is 5.32 Å². The Balaban J connectivity index is 1.71. The van der Waals surface area contributed by atoms with Crippen molar-refractivity contribution >= 4 is 28.9 Å². The van der Waals surface area contributed by atoms with Crippen LogP contribution in [0.1, 0.15) is 35.7 Å². The number of hydrogen-bond donors (Lipinski definition) is 2. The lowest BCUT2D eigenvalue weighted by molar-refractivity contribution is -0.385. The lowest BCUT2D eigenvalue weighted by Crippen LogP contribution is -2.20. The Morgan fingerprint density at radius 1 is 1.15 bits per heavy atom. The monoisotopic (exact) mass is 366 g/mol. The summed E-state index contributed by atoms with van der Waals surface area (Å²) in [7, 11) is 0. The summed E-state index contributed by atoms with van der Waals surface area (Å²) in [4.78, 5) is 34.5. The molecule has 1 fully saturated rings. The number of benzene rings is 2. The number of nitro benzene ring substituents is 1. The van der Waals surface area contributed by atoms with Gasteiger partial charge in [-0.25, -0.2) is 5.43 Å². The number of hydrogen-bond acceptors (Lipinski definition) is 5. The third-order valence-corrected chi connectivity index (χ3v) is 4.17. The van der Waals surface area contributed by atoms with Crippen LogP contribution in [0.3, 0.4) is 0 Å². The second-order valence-electron chi connectivity index (χ2n) is 6.26. The quantitative estimate of drug-likeness (QED) is 0.464. The highest BCUT2D eigenvalue weighted by molar-refractivity contribution is 6.03. The zero-order valence-electron chi connectivity index (χ0n) is 14.6. The molecule has 27 heavy (non-hydrogen) atoms. The maximum absolute atomic E-state index is 12.2. The van der Waals surface area contributed by atoms with Gasteiger partial charge in [0.05, 0.1) is 10.6 Å². The molecule has 2 amide bonds. The van der Waals surface area contributed by atoms with E-state index in [1.807, 2.05) is 0 Å². The number of amides is 2. The molecule has 2 aromatic rings. The number of nitrogens with zero attached hydrogens (tertiary/aromatic N) is 2. The Bertz CT molecular complexity index is 935. The van der Waals surface area contributed by atoms with Gasteiger partial charge in [-0.3, -0.25) is 19.7 Å². The van der Waals surface area contributed by atoms with E-state index < -0.39 is 10.8 Å². The molecule has 1 aliphatic carbocycles. The van der Waals surface area contributed by atoms with Crippen LogP contribution < -0.4 is 10.7 Å². The summed E-state index contributed by atoms with van der Waals surface area (Å²) in [6.07, 6.45) is 1.84. The van der Waals surface area contributed by atoms with E-state index in [1.165, 1.54) is 18.2 Å². The number of nitro groups is 1. The van der Waals surface area contributed by atoms with Crippen LogP contribution in [0.15, 0.2) is 53.6 Å². The molecule has 0 saturated heterocycles. The lowest BCUT2D eigenvalue weighted by Gasteiger charge is -2.07. The predicted molar refractivity (Wildman–Crippen MR) is 101 cm³/mol. The maximum atomic E-state index is 12.2. The number of hydrazone groups is 1. The molecule has 0 aromatic heterocycles. The van der Waals surface area contributed by atoms with Gasteiger partial charge >= 0.3 is 0 Å². The third kappa shape index (κ3) is 4.55. The first kappa shape index (κ1) is 18.2. The molecule has 8 nitrogen and oxygen atoms in total. The summed E-state index contributed by atoms with van der Waals surface area (Å²) in [6.45, 7) is 1.70. The van der Waals surface area contributed by atoms with E-state index in [1.54, 1.807) is 37.3 Å². The van der Waals surface area contributed by atoms with Gasteiger partial charge in [-0.1, -0.05) is 24.3 Å². The molecular weight excluding hydrogens is 348 g/mol. The van der Waals surface area contributed by atoms with Crippen LogP contribution in [-0.4, -0.2) is 22.4 Å². The van der Waals surface area contributed by atoms with E-state index in [2.05, 4.69) is 15.8 Å². The fraction of sp³-hybridized carbons (Fsp3) is 0.211. The van der Waals surface area contributed by atoms with Gasteiger partial charge in [-0.15, -0.1) is 0 Å². The first-order chi connectivity index (χ1) is 13.0. The largest absolute Gasteiger partial charge is 0.326 e. The Labute approximate surface area is 155 Å². The standard InChI is InChI=1S/C19H18N4O4/c1-12(14-5-4-6-15(11-14)20-18(24)13-9-10-13)21-22-19(25)16-7-2-3-8-17(16)23(26)27/h2-8,11,13H,9-10H2,1H3,(H,20,24)(H,22,25)/b21-12+. The number of anilines is 1. The second-order valence-corrected chi connectivity index (χ2v) is 6.26. The van der Waals surface area contributed by atoms with Crippen molar-refractivity contribution in [1.29, 1.82) is 0 Å². The van der Waals surface area contributed by atoms with Crippen LogP contribution in [0, 0.1) is 16.0 Å². The van der Waals surface area contributed by atoms with Crippen LogP contribution >= 0.6 is 0 Å². The molecule has 0 atom stereocenters. The summed E-state index contributed by atoms with van der Waals surface area (Å²) in [5.41, 5.74) is 3.86. The topological polar surface area (TPSA) is 114 Å². The molecule has 2 N–H and O–H groups in total. The van der Waals surface area contributed by atoms with E-state index in [-0.39, 0.29) is 23.1 Å².